The van der Waals surface area contributed by atoms with Crippen molar-refractivity contribution in [2.45, 2.75) is 0 Å². The van der Waals surface area contributed by atoms with Crippen LogP contribution in [0.2, 0.25) is 0 Å². The molecule has 2 rings (SSSR count). The molecule has 0 spiro atoms. The molecule has 2 aliphatic heterocycles. The van der Waals surface area contributed by atoms with Crippen molar-refractivity contribution in [2.75, 3.05) is 6.54 Å². The zero-order chi connectivity index (χ0) is 6.97. The van der Waals surface area contributed by atoms with E-state index in [-0.39, 0.29) is 0 Å². The standard InChI is InChI=1S/C7H6N2O/c10-9-4-2-7-6(5-9)1-3-8-7/h1-4H,5H2. The quantitative estimate of drug-likeness (QED) is 0.350. The summed E-state index contributed by atoms with van der Waals surface area (Å²) in [6, 6.07) is 0. The van der Waals surface area contributed by atoms with Crippen LogP contribution >= 0.6 is 0 Å². The highest BCUT2D eigenvalue weighted by Crippen LogP contribution is 2.17. The van der Waals surface area contributed by atoms with Crippen molar-refractivity contribution in [1.82, 2.24) is 0 Å². The molecule has 0 N–H and O–H groups in total. The van der Waals surface area contributed by atoms with Crippen molar-refractivity contribution in [3.63, 3.8) is 0 Å². The fourth-order valence-electron chi connectivity index (χ4n) is 1.03. The number of aliphatic imine (C=N–C) groups is 1. The van der Waals surface area contributed by atoms with Gasteiger partial charge in [-0.3, -0.25) is 4.99 Å². The fourth-order valence-corrected chi connectivity index (χ4v) is 1.03. The molecule has 3 heteroatoms. The lowest BCUT2D eigenvalue weighted by Gasteiger charge is -2.08. The Labute approximate surface area is 58.3 Å². The predicted molar refractivity (Wildman–Crippen MR) is 39.2 cm³/mol. The highest BCUT2D eigenvalue weighted by atomic mass is 16.5. The van der Waals surface area contributed by atoms with Crippen molar-refractivity contribution in [2.24, 2.45) is 4.99 Å². The molecule has 0 aliphatic carbocycles. The van der Waals surface area contributed by atoms with Crippen LogP contribution in [0.5, 0.6) is 0 Å². The second-order valence-corrected chi connectivity index (χ2v) is 2.25. The Morgan fingerprint density at radius 2 is 2.40 bits per heavy atom. The van der Waals surface area contributed by atoms with Crippen LogP contribution in [0.25, 0.3) is 0 Å². The molecular weight excluding hydrogens is 128 g/mol. The SMILES string of the molecule is [O-][N+]1=CC=C2N=CC=C2C1. The maximum atomic E-state index is 10.7. The third-order valence-electron chi connectivity index (χ3n) is 1.54. The number of hydrogen-bond donors (Lipinski definition) is 0. The summed E-state index contributed by atoms with van der Waals surface area (Å²) in [5, 5.41) is 10.7. The predicted octanol–water partition coefficient (Wildman–Crippen LogP) is 0.476. The Morgan fingerprint density at radius 3 is 3.30 bits per heavy atom. The molecule has 0 unspecified atom stereocenters. The summed E-state index contributed by atoms with van der Waals surface area (Å²) in [7, 11) is 0. The molecule has 0 atom stereocenters. The van der Waals surface area contributed by atoms with Gasteiger partial charge in [-0.25, -0.2) is 4.74 Å². The van der Waals surface area contributed by atoms with E-state index in [1.807, 2.05) is 6.08 Å². The van der Waals surface area contributed by atoms with Gasteiger partial charge >= 0.3 is 0 Å². The normalized spacial score (nSPS) is 21.4. The Bertz CT molecular complexity index is 284. The summed E-state index contributed by atoms with van der Waals surface area (Å²) in [4.78, 5) is 4.04. The molecule has 0 saturated heterocycles. The monoisotopic (exact) mass is 134 g/mol. The van der Waals surface area contributed by atoms with E-state index in [2.05, 4.69) is 4.99 Å². The van der Waals surface area contributed by atoms with Crippen molar-refractivity contribution in [1.29, 1.82) is 0 Å². The summed E-state index contributed by atoms with van der Waals surface area (Å²) in [5.41, 5.74) is 1.93. The van der Waals surface area contributed by atoms with Crippen LogP contribution in [0.3, 0.4) is 0 Å². The maximum absolute atomic E-state index is 10.7. The van der Waals surface area contributed by atoms with Gasteiger partial charge in [0.05, 0.1) is 5.70 Å². The van der Waals surface area contributed by atoms with Gasteiger partial charge in [0.1, 0.15) is 0 Å². The second kappa shape index (κ2) is 1.80. The summed E-state index contributed by atoms with van der Waals surface area (Å²) < 4.78 is 0.893. The van der Waals surface area contributed by atoms with Crippen molar-refractivity contribution in [3.8, 4) is 0 Å². The van der Waals surface area contributed by atoms with E-state index in [1.54, 1.807) is 12.3 Å². The number of hydroxylamine groups is 1. The minimum absolute atomic E-state index is 0.436. The minimum Gasteiger partial charge on any atom is -0.624 e. The van der Waals surface area contributed by atoms with Crippen LogP contribution in [0, 0.1) is 5.21 Å². The van der Waals surface area contributed by atoms with Crippen LogP contribution in [0.15, 0.2) is 28.4 Å². The van der Waals surface area contributed by atoms with Gasteiger partial charge in [0.25, 0.3) is 0 Å². The third kappa shape index (κ3) is 0.673. The van der Waals surface area contributed by atoms with Crippen LogP contribution in [0.4, 0.5) is 0 Å². The third-order valence-corrected chi connectivity index (χ3v) is 1.54. The molecule has 50 valence electrons. The first kappa shape index (κ1) is 5.41. The molecule has 0 amide bonds. The van der Waals surface area contributed by atoms with Gasteiger partial charge in [-0.2, -0.15) is 0 Å². The molecule has 0 saturated carbocycles. The minimum atomic E-state index is 0.436. The average molecular weight is 134 g/mol. The Morgan fingerprint density at radius 1 is 1.50 bits per heavy atom. The van der Waals surface area contributed by atoms with Gasteiger partial charge < -0.3 is 5.21 Å². The molecule has 0 aromatic heterocycles. The lowest BCUT2D eigenvalue weighted by molar-refractivity contribution is -0.443. The van der Waals surface area contributed by atoms with Gasteiger partial charge in [0.2, 0.25) is 0 Å². The maximum Gasteiger partial charge on any atom is 0.180 e. The highest BCUT2D eigenvalue weighted by molar-refractivity contribution is 5.83. The van der Waals surface area contributed by atoms with Crippen LogP contribution in [-0.4, -0.2) is 23.7 Å². The Balaban J connectivity index is 2.42. The Kier molecular flexibility index (Phi) is 0.974. The fraction of sp³-hybridized carbons (Fsp3) is 0.143. The van der Waals surface area contributed by atoms with E-state index in [1.165, 1.54) is 6.21 Å². The lowest BCUT2D eigenvalue weighted by atomic mass is 10.2. The summed E-state index contributed by atoms with van der Waals surface area (Å²) in [6.45, 7) is 0.436. The Hall–Kier alpha value is -1.38. The van der Waals surface area contributed by atoms with Gasteiger partial charge in [-0.05, 0) is 6.08 Å². The lowest BCUT2D eigenvalue weighted by Crippen LogP contribution is -2.12. The molecule has 0 bridgehead atoms. The first-order chi connectivity index (χ1) is 4.86. The molecule has 0 aromatic carbocycles. The summed E-state index contributed by atoms with van der Waals surface area (Å²) in [5.74, 6) is 0. The van der Waals surface area contributed by atoms with Gasteiger partial charge in [-0.1, -0.05) is 0 Å². The zero-order valence-corrected chi connectivity index (χ0v) is 5.32. The molecule has 3 nitrogen and oxygen atoms in total. The molecule has 0 aromatic rings. The van der Waals surface area contributed by atoms with E-state index < -0.39 is 0 Å². The molecule has 2 aliphatic rings. The summed E-state index contributed by atoms with van der Waals surface area (Å²) >= 11 is 0. The van der Waals surface area contributed by atoms with Crippen molar-refractivity contribution < 1.29 is 4.74 Å². The number of nitrogens with zero attached hydrogens (tertiary/aromatic N) is 2. The van der Waals surface area contributed by atoms with Gasteiger partial charge in [0, 0.05) is 17.9 Å². The molecule has 0 fully saturated rings. The van der Waals surface area contributed by atoms with E-state index >= 15 is 0 Å². The van der Waals surface area contributed by atoms with Gasteiger partial charge in [-0.15, -0.1) is 0 Å². The van der Waals surface area contributed by atoms with Gasteiger partial charge in [0.15, 0.2) is 12.8 Å². The van der Waals surface area contributed by atoms with E-state index in [0.29, 0.717) is 6.54 Å². The number of fused-ring (bicyclic) bond motifs is 1. The van der Waals surface area contributed by atoms with Crippen LogP contribution < -0.4 is 0 Å². The number of allylic oxidation sites excluding steroid dienone is 2. The molecule has 10 heavy (non-hydrogen) atoms. The van der Waals surface area contributed by atoms with Crippen LogP contribution in [-0.2, 0) is 0 Å². The smallest absolute Gasteiger partial charge is 0.180 e. The van der Waals surface area contributed by atoms with E-state index in [9.17, 15) is 5.21 Å². The number of rotatable bonds is 0. The van der Waals surface area contributed by atoms with E-state index in [4.69, 9.17) is 0 Å². The largest absolute Gasteiger partial charge is 0.624 e. The summed E-state index contributed by atoms with van der Waals surface area (Å²) in [6.07, 6.45) is 6.80. The molecular formula is C7H6N2O. The topological polar surface area (TPSA) is 38.4 Å². The first-order valence-corrected chi connectivity index (χ1v) is 3.09. The highest BCUT2D eigenvalue weighted by Gasteiger charge is 2.14. The number of hydrogen-bond acceptors (Lipinski definition) is 2. The molecule has 2 heterocycles. The van der Waals surface area contributed by atoms with E-state index in [0.717, 1.165) is 16.0 Å². The molecule has 0 radical (unpaired) electrons. The van der Waals surface area contributed by atoms with Crippen molar-refractivity contribution >= 4 is 12.4 Å². The second-order valence-electron chi connectivity index (χ2n) is 2.25. The average Bonchev–Trinajstić information content (AvgIpc) is 2.33. The first-order valence-electron chi connectivity index (χ1n) is 3.09. The zero-order valence-electron chi connectivity index (χ0n) is 5.32. The van der Waals surface area contributed by atoms with Crippen LogP contribution in [0.1, 0.15) is 0 Å². The van der Waals surface area contributed by atoms with Crippen molar-refractivity contribution in [3.05, 3.63) is 28.6 Å².